The fourth-order valence-corrected chi connectivity index (χ4v) is 2.15. The number of nitrogens with two attached hydrogens (primary N) is 1. The van der Waals surface area contributed by atoms with Gasteiger partial charge in [-0.3, -0.25) is 4.99 Å². The molecule has 0 spiro atoms. The van der Waals surface area contributed by atoms with E-state index in [2.05, 4.69) is 10.3 Å². The first-order chi connectivity index (χ1) is 8.81. The number of hydrogen-bond donors (Lipinski definition) is 2. The average molecular weight is 263 g/mol. The lowest BCUT2D eigenvalue weighted by molar-refractivity contribution is 0.507. The summed E-state index contributed by atoms with van der Waals surface area (Å²) >= 11 is 0. The SMILES string of the molecule is CC(C)(C)NC(N)=NCC1(c2ccc(F)cc2)CC1. The predicted molar refractivity (Wildman–Crippen MR) is 76.7 cm³/mol. The molecule has 0 saturated heterocycles. The number of halogens is 1. The second kappa shape index (κ2) is 4.83. The topological polar surface area (TPSA) is 50.4 Å². The zero-order chi connectivity index (χ0) is 14.1. The lowest BCUT2D eigenvalue weighted by Crippen LogP contribution is -2.45. The minimum Gasteiger partial charge on any atom is -0.370 e. The van der Waals surface area contributed by atoms with Gasteiger partial charge in [-0.2, -0.15) is 0 Å². The van der Waals surface area contributed by atoms with Crippen LogP contribution in [-0.4, -0.2) is 18.0 Å². The van der Waals surface area contributed by atoms with Gasteiger partial charge in [0, 0.05) is 11.0 Å². The average Bonchev–Trinajstić information content (AvgIpc) is 3.06. The summed E-state index contributed by atoms with van der Waals surface area (Å²) < 4.78 is 12.9. The molecule has 0 amide bonds. The standard InChI is InChI=1S/C15H22FN3/c1-14(2,3)19-13(17)18-10-15(8-9-15)11-4-6-12(16)7-5-11/h4-7H,8-10H2,1-3H3,(H3,17,18,19). The van der Waals surface area contributed by atoms with Crippen LogP contribution < -0.4 is 11.1 Å². The van der Waals surface area contributed by atoms with Crippen LogP contribution in [0.2, 0.25) is 0 Å². The van der Waals surface area contributed by atoms with E-state index in [4.69, 9.17) is 5.73 Å². The Bertz CT molecular complexity index is 467. The van der Waals surface area contributed by atoms with E-state index in [1.807, 2.05) is 32.9 Å². The maximum Gasteiger partial charge on any atom is 0.189 e. The molecule has 4 heteroatoms. The molecule has 1 fully saturated rings. The van der Waals surface area contributed by atoms with E-state index in [-0.39, 0.29) is 16.8 Å². The summed E-state index contributed by atoms with van der Waals surface area (Å²) in [4.78, 5) is 4.43. The summed E-state index contributed by atoms with van der Waals surface area (Å²) in [5, 5.41) is 3.15. The van der Waals surface area contributed by atoms with Crippen molar-refractivity contribution in [3.05, 3.63) is 35.6 Å². The zero-order valence-electron chi connectivity index (χ0n) is 11.8. The van der Waals surface area contributed by atoms with Crippen LogP contribution in [0.15, 0.2) is 29.3 Å². The van der Waals surface area contributed by atoms with Crippen molar-refractivity contribution in [2.75, 3.05) is 6.54 Å². The highest BCUT2D eigenvalue weighted by molar-refractivity contribution is 5.78. The molecule has 1 aromatic carbocycles. The highest BCUT2D eigenvalue weighted by Gasteiger charge is 2.44. The fourth-order valence-electron chi connectivity index (χ4n) is 2.15. The maximum atomic E-state index is 12.9. The van der Waals surface area contributed by atoms with Gasteiger partial charge in [-0.15, -0.1) is 0 Å². The second-order valence-electron chi connectivity index (χ2n) is 6.36. The first kappa shape index (κ1) is 13.8. The first-order valence-corrected chi connectivity index (χ1v) is 6.65. The normalized spacial score (nSPS) is 18.2. The van der Waals surface area contributed by atoms with Crippen LogP contribution in [-0.2, 0) is 5.41 Å². The highest BCUT2D eigenvalue weighted by atomic mass is 19.1. The lowest BCUT2D eigenvalue weighted by atomic mass is 9.96. The molecule has 0 aromatic heterocycles. The molecule has 19 heavy (non-hydrogen) atoms. The Balaban J connectivity index is 2.03. The van der Waals surface area contributed by atoms with Crippen molar-refractivity contribution < 1.29 is 4.39 Å². The number of benzene rings is 1. The minimum atomic E-state index is -0.197. The van der Waals surface area contributed by atoms with Crippen molar-refractivity contribution in [3.8, 4) is 0 Å². The number of nitrogens with one attached hydrogen (secondary N) is 1. The fraction of sp³-hybridized carbons (Fsp3) is 0.533. The van der Waals surface area contributed by atoms with Crippen LogP contribution >= 0.6 is 0 Å². The molecule has 3 N–H and O–H groups in total. The third-order valence-electron chi connectivity index (χ3n) is 3.37. The van der Waals surface area contributed by atoms with Gasteiger partial charge in [0.05, 0.1) is 6.54 Å². The Morgan fingerprint density at radius 1 is 1.32 bits per heavy atom. The van der Waals surface area contributed by atoms with Gasteiger partial charge in [0.2, 0.25) is 0 Å². The molecule has 3 nitrogen and oxygen atoms in total. The van der Waals surface area contributed by atoms with Crippen LogP contribution in [0.5, 0.6) is 0 Å². The van der Waals surface area contributed by atoms with Crippen LogP contribution in [0.3, 0.4) is 0 Å². The maximum absolute atomic E-state index is 12.9. The summed E-state index contributed by atoms with van der Waals surface area (Å²) in [5.41, 5.74) is 7.01. The quantitative estimate of drug-likeness (QED) is 0.650. The second-order valence-corrected chi connectivity index (χ2v) is 6.36. The van der Waals surface area contributed by atoms with Gasteiger partial charge in [-0.25, -0.2) is 4.39 Å². The van der Waals surface area contributed by atoms with Gasteiger partial charge in [0.15, 0.2) is 5.96 Å². The monoisotopic (exact) mass is 263 g/mol. The van der Waals surface area contributed by atoms with E-state index >= 15 is 0 Å². The first-order valence-electron chi connectivity index (χ1n) is 6.65. The summed E-state index contributed by atoms with van der Waals surface area (Å²) in [6.07, 6.45) is 2.18. The molecule has 2 rings (SSSR count). The smallest absolute Gasteiger partial charge is 0.189 e. The molecule has 0 unspecified atom stereocenters. The van der Waals surface area contributed by atoms with E-state index in [0.717, 1.165) is 18.4 Å². The van der Waals surface area contributed by atoms with Crippen LogP contribution in [0.1, 0.15) is 39.2 Å². The van der Waals surface area contributed by atoms with Gasteiger partial charge in [-0.05, 0) is 51.3 Å². The molecule has 0 heterocycles. The molecule has 0 aliphatic heterocycles. The molecular weight excluding hydrogens is 241 g/mol. The van der Waals surface area contributed by atoms with Crippen LogP contribution in [0.25, 0.3) is 0 Å². The molecule has 1 aliphatic rings. The summed E-state index contributed by atoms with van der Waals surface area (Å²) in [7, 11) is 0. The molecule has 1 aromatic rings. The van der Waals surface area contributed by atoms with Crippen molar-refractivity contribution in [2.45, 2.75) is 44.6 Å². The Hall–Kier alpha value is -1.58. The van der Waals surface area contributed by atoms with Crippen molar-refractivity contribution in [1.29, 1.82) is 0 Å². The van der Waals surface area contributed by atoms with Crippen LogP contribution in [0, 0.1) is 5.82 Å². The zero-order valence-corrected chi connectivity index (χ0v) is 11.8. The van der Waals surface area contributed by atoms with E-state index in [0.29, 0.717) is 12.5 Å². The third kappa shape index (κ3) is 3.69. The summed E-state index contributed by atoms with van der Waals surface area (Å²) in [5.74, 6) is 0.276. The van der Waals surface area contributed by atoms with E-state index < -0.39 is 0 Å². The van der Waals surface area contributed by atoms with Gasteiger partial charge >= 0.3 is 0 Å². The summed E-state index contributed by atoms with van der Waals surface area (Å²) in [6, 6.07) is 6.72. The number of hydrogen-bond acceptors (Lipinski definition) is 1. The van der Waals surface area contributed by atoms with E-state index in [1.54, 1.807) is 0 Å². The Kier molecular flexibility index (Phi) is 3.52. The lowest BCUT2D eigenvalue weighted by Gasteiger charge is -2.21. The van der Waals surface area contributed by atoms with E-state index in [9.17, 15) is 4.39 Å². The Morgan fingerprint density at radius 3 is 2.37 bits per heavy atom. The van der Waals surface area contributed by atoms with E-state index in [1.165, 1.54) is 12.1 Å². The Morgan fingerprint density at radius 2 is 1.89 bits per heavy atom. The summed E-state index contributed by atoms with van der Waals surface area (Å²) in [6.45, 7) is 6.79. The van der Waals surface area contributed by atoms with Gasteiger partial charge < -0.3 is 11.1 Å². The molecule has 0 radical (unpaired) electrons. The molecule has 0 bridgehead atoms. The highest BCUT2D eigenvalue weighted by Crippen LogP contribution is 2.48. The predicted octanol–water partition coefficient (Wildman–Crippen LogP) is 2.56. The van der Waals surface area contributed by atoms with Crippen molar-refractivity contribution in [1.82, 2.24) is 5.32 Å². The Labute approximate surface area is 114 Å². The number of nitrogens with zero attached hydrogens (tertiary/aromatic N) is 1. The minimum absolute atomic E-state index is 0.0673. The molecule has 1 saturated carbocycles. The molecule has 0 atom stereocenters. The molecular formula is C15H22FN3. The van der Waals surface area contributed by atoms with Gasteiger partial charge in [0.1, 0.15) is 5.82 Å². The van der Waals surface area contributed by atoms with Crippen molar-refractivity contribution >= 4 is 5.96 Å². The van der Waals surface area contributed by atoms with Gasteiger partial charge in [0.25, 0.3) is 0 Å². The third-order valence-corrected chi connectivity index (χ3v) is 3.37. The van der Waals surface area contributed by atoms with Crippen molar-refractivity contribution in [3.63, 3.8) is 0 Å². The largest absolute Gasteiger partial charge is 0.370 e. The number of rotatable bonds is 3. The van der Waals surface area contributed by atoms with Crippen molar-refractivity contribution in [2.24, 2.45) is 10.7 Å². The molecule has 104 valence electrons. The number of guanidine groups is 1. The number of aliphatic imine (C=N–C) groups is 1. The van der Waals surface area contributed by atoms with Gasteiger partial charge in [-0.1, -0.05) is 12.1 Å². The van der Waals surface area contributed by atoms with Crippen LogP contribution in [0.4, 0.5) is 4.39 Å². The molecule has 1 aliphatic carbocycles.